The molecule has 4 rings (SSSR count). The second-order valence-electron chi connectivity index (χ2n) is 8.65. The monoisotopic (exact) mass is 439 g/mol. The number of hydrogen-bond acceptors (Lipinski definition) is 2. The highest BCUT2D eigenvalue weighted by atomic mass is 31.2. The van der Waals surface area contributed by atoms with Crippen molar-refractivity contribution in [3.05, 3.63) is 121 Å². The van der Waals surface area contributed by atoms with Gasteiger partial charge >= 0.3 is 0 Å². The van der Waals surface area contributed by atoms with Gasteiger partial charge in [0, 0.05) is 24.7 Å². The third kappa shape index (κ3) is 4.24. The van der Waals surface area contributed by atoms with Gasteiger partial charge in [-0.05, 0) is 75.9 Å². The highest BCUT2D eigenvalue weighted by molar-refractivity contribution is 7.84. The summed E-state index contributed by atoms with van der Waals surface area (Å²) in [6.45, 7) is 6.62. The van der Waals surface area contributed by atoms with Crippen molar-refractivity contribution < 1.29 is 0 Å². The van der Waals surface area contributed by atoms with Gasteiger partial charge in [0.1, 0.15) is 0 Å². The second kappa shape index (κ2) is 9.77. The van der Waals surface area contributed by atoms with Gasteiger partial charge in [0.15, 0.2) is 0 Å². The number of hydrogen-bond donors (Lipinski definition) is 0. The Bertz CT molecular complexity index is 1020. The summed E-state index contributed by atoms with van der Waals surface area (Å²) in [6, 6.07) is 28.6. The minimum absolute atomic E-state index is 0.292. The molecule has 1 saturated carbocycles. The molecule has 5 radical (unpaired) electrons. The van der Waals surface area contributed by atoms with Crippen LogP contribution in [0.1, 0.15) is 18.1 Å². The van der Waals surface area contributed by atoms with Crippen LogP contribution in [-0.4, -0.2) is 25.0 Å². The first kappa shape index (κ1) is 23.0. The standard InChI is InChI=1S/C29H32N2P/c1-22-14-12-15-23(2)29(22)30-32(25-16-8-6-9-17-25,26-18-10-7-11-19-26)28-21-13-20-27(28)24(3)31(4)5/h6-21,24H,1-5H3/t24-/m0/s1. The van der Waals surface area contributed by atoms with Crippen molar-refractivity contribution in [1.82, 2.24) is 4.90 Å². The van der Waals surface area contributed by atoms with Gasteiger partial charge in [-0.2, -0.15) is 0 Å². The fourth-order valence-corrected chi connectivity index (χ4v) is 8.30. The Labute approximate surface area is 194 Å². The zero-order chi connectivity index (χ0) is 22.7. The number of benzene rings is 3. The van der Waals surface area contributed by atoms with E-state index in [4.69, 9.17) is 4.74 Å². The quantitative estimate of drug-likeness (QED) is 0.402. The van der Waals surface area contributed by atoms with Gasteiger partial charge in [0.25, 0.3) is 0 Å². The second-order valence-corrected chi connectivity index (χ2v) is 11.6. The molecule has 3 aromatic carbocycles. The molecule has 0 unspecified atom stereocenters. The van der Waals surface area contributed by atoms with Crippen molar-refractivity contribution in [2.45, 2.75) is 26.8 Å². The van der Waals surface area contributed by atoms with Crippen LogP contribution in [0.15, 0.2) is 83.6 Å². The van der Waals surface area contributed by atoms with Crippen LogP contribution in [0, 0.1) is 44.7 Å². The summed E-state index contributed by atoms with van der Waals surface area (Å²) in [6.07, 6.45) is 6.78. The molecule has 163 valence electrons. The van der Waals surface area contributed by atoms with Crippen molar-refractivity contribution >= 4 is 23.4 Å². The van der Waals surface area contributed by atoms with E-state index in [-0.39, 0.29) is 0 Å². The van der Waals surface area contributed by atoms with E-state index in [0.29, 0.717) is 6.04 Å². The minimum Gasteiger partial charge on any atom is -0.306 e. The number of nitrogens with zero attached hydrogens (tertiary/aromatic N) is 2. The molecule has 0 saturated heterocycles. The highest BCUT2D eigenvalue weighted by Crippen LogP contribution is 2.66. The number of aryl methyl sites for hydroxylation is 2. The Hall–Kier alpha value is -2.15. The predicted molar refractivity (Wildman–Crippen MR) is 140 cm³/mol. The number of rotatable bonds is 6. The van der Waals surface area contributed by atoms with Gasteiger partial charge in [-0.1, -0.05) is 78.9 Å². The van der Waals surface area contributed by atoms with Crippen molar-refractivity contribution in [2.75, 3.05) is 14.1 Å². The van der Waals surface area contributed by atoms with E-state index in [1.807, 2.05) is 0 Å². The lowest BCUT2D eigenvalue weighted by atomic mass is 9.98. The average molecular weight is 440 g/mol. The van der Waals surface area contributed by atoms with Crippen LogP contribution in [-0.2, 0) is 0 Å². The third-order valence-corrected chi connectivity index (χ3v) is 10.0. The van der Waals surface area contributed by atoms with E-state index in [0.717, 1.165) is 5.69 Å². The summed E-state index contributed by atoms with van der Waals surface area (Å²) in [5.41, 5.74) is 4.89. The van der Waals surface area contributed by atoms with E-state index in [9.17, 15) is 0 Å². The SMILES string of the molecule is Cc1cccc(C)c1N=P([C]1[CH][CH][CH][C]1[C@H](C)N(C)C)(c1ccccc1)c1ccccc1. The lowest BCUT2D eigenvalue weighted by Gasteiger charge is -2.38. The summed E-state index contributed by atoms with van der Waals surface area (Å²) in [7, 11) is 1.98. The molecule has 0 bridgehead atoms. The zero-order valence-corrected chi connectivity index (χ0v) is 20.6. The molecule has 0 aliphatic heterocycles. The Balaban J connectivity index is 2.09. The Kier molecular flexibility index (Phi) is 7.03. The van der Waals surface area contributed by atoms with Gasteiger partial charge in [-0.3, -0.25) is 4.74 Å². The van der Waals surface area contributed by atoms with Crippen LogP contribution in [0.4, 0.5) is 5.69 Å². The van der Waals surface area contributed by atoms with Crippen LogP contribution in [0.2, 0.25) is 0 Å². The molecule has 1 atom stereocenters. The van der Waals surface area contributed by atoms with Crippen molar-refractivity contribution in [2.24, 2.45) is 4.74 Å². The molecule has 0 amide bonds. The maximum atomic E-state index is 5.77. The Morgan fingerprint density at radius 3 is 1.75 bits per heavy atom. The zero-order valence-electron chi connectivity index (χ0n) is 19.7. The molecule has 2 nitrogen and oxygen atoms in total. The maximum Gasteiger partial charge on any atom is 0.0679 e. The molecule has 32 heavy (non-hydrogen) atoms. The molecule has 3 heteroatoms. The largest absolute Gasteiger partial charge is 0.306 e. The first-order valence-corrected chi connectivity index (χ1v) is 12.9. The maximum absolute atomic E-state index is 5.77. The first-order valence-electron chi connectivity index (χ1n) is 11.2. The van der Waals surface area contributed by atoms with E-state index in [1.54, 1.807) is 0 Å². The summed E-state index contributed by atoms with van der Waals surface area (Å²) < 4.78 is 5.77. The smallest absolute Gasteiger partial charge is 0.0679 e. The summed E-state index contributed by atoms with van der Waals surface area (Å²) in [5.74, 6) is 1.35. The lowest BCUT2D eigenvalue weighted by Crippen LogP contribution is -2.35. The van der Waals surface area contributed by atoms with Gasteiger partial charge in [-0.15, -0.1) is 0 Å². The average Bonchev–Trinajstić information content (AvgIpc) is 3.30. The molecule has 0 aromatic heterocycles. The van der Waals surface area contributed by atoms with Gasteiger partial charge < -0.3 is 4.90 Å². The Morgan fingerprint density at radius 1 is 0.719 bits per heavy atom. The van der Waals surface area contributed by atoms with E-state index in [2.05, 4.69) is 138 Å². The minimum atomic E-state index is -2.31. The van der Waals surface area contributed by atoms with Crippen LogP contribution in [0.5, 0.6) is 0 Å². The first-order chi connectivity index (χ1) is 15.4. The van der Waals surface area contributed by atoms with Gasteiger partial charge in [0.05, 0.1) is 5.69 Å². The molecule has 0 N–H and O–H groups in total. The van der Waals surface area contributed by atoms with E-state index >= 15 is 0 Å². The molecule has 1 aliphatic carbocycles. The summed E-state index contributed by atoms with van der Waals surface area (Å²) in [5, 5.41) is 2.57. The van der Waals surface area contributed by atoms with Gasteiger partial charge in [0.2, 0.25) is 0 Å². The normalized spacial score (nSPS) is 16.4. The molecule has 3 aromatic rings. The van der Waals surface area contributed by atoms with Crippen LogP contribution < -0.4 is 10.6 Å². The molecule has 1 aliphatic rings. The third-order valence-electron chi connectivity index (χ3n) is 6.35. The Morgan fingerprint density at radius 2 is 1.25 bits per heavy atom. The lowest BCUT2D eigenvalue weighted by molar-refractivity contribution is 0.333. The van der Waals surface area contributed by atoms with Crippen LogP contribution >= 0.6 is 7.05 Å². The van der Waals surface area contributed by atoms with E-state index < -0.39 is 7.05 Å². The summed E-state index contributed by atoms with van der Waals surface area (Å²) in [4.78, 5) is 2.28. The van der Waals surface area contributed by atoms with Crippen LogP contribution in [0.25, 0.3) is 0 Å². The molecular weight excluding hydrogens is 407 g/mol. The molecular formula is C29H32N2P. The topological polar surface area (TPSA) is 15.6 Å². The predicted octanol–water partition coefficient (Wildman–Crippen LogP) is 6.47. The summed E-state index contributed by atoms with van der Waals surface area (Å²) >= 11 is 0. The van der Waals surface area contributed by atoms with E-state index in [1.165, 1.54) is 33.3 Å². The van der Waals surface area contributed by atoms with Crippen LogP contribution in [0.3, 0.4) is 0 Å². The van der Waals surface area contributed by atoms with Crippen molar-refractivity contribution in [1.29, 1.82) is 0 Å². The molecule has 1 fully saturated rings. The van der Waals surface area contributed by atoms with Crippen molar-refractivity contribution in [3.63, 3.8) is 0 Å². The van der Waals surface area contributed by atoms with Gasteiger partial charge in [-0.25, -0.2) is 0 Å². The fraction of sp³-hybridized carbons (Fsp3) is 0.207. The fourth-order valence-electron chi connectivity index (χ4n) is 4.35. The van der Waals surface area contributed by atoms with Crippen molar-refractivity contribution in [3.8, 4) is 0 Å². The molecule has 0 heterocycles. The molecule has 0 spiro atoms. The highest BCUT2D eigenvalue weighted by Gasteiger charge is 2.45.